The molecule has 2 rings (SSSR count). The molecule has 2 saturated heterocycles. The van der Waals surface area contributed by atoms with Crippen LogP contribution in [0, 0.1) is 0 Å². The minimum atomic E-state index is 0.913. The van der Waals surface area contributed by atoms with Crippen LogP contribution in [-0.2, 0) is 0 Å². The van der Waals surface area contributed by atoms with E-state index in [1.165, 1.54) is 58.3 Å². The van der Waals surface area contributed by atoms with Crippen molar-refractivity contribution in [3.05, 3.63) is 0 Å². The molecule has 0 radical (unpaired) electrons. The SMILES string of the molecule is CN1CCC(N2CCCCC2)CC1. The molecular weight excluding hydrogens is 160 g/mol. The van der Waals surface area contributed by atoms with Crippen LogP contribution < -0.4 is 0 Å². The predicted octanol–water partition coefficient (Wildman–Crippen LogP) is 1.57. The van der Waals surface area contributed by atoms with E-state index >= 15 is 0 Å². The molecule has 2 aliphatic heterocycles. The summed E-state index contributed by atoms with van der Waals surface area (Å²) in [5.74, 6) is 0. The zero-order chi connectivity index (χ0) is 9.10. The third-order valence-electron chi connectivity index (χ3n) is 3.60. The first-order chi connectivity index (χ1) is 6.36. The first-order valence-corrected chi connectivity index (χ1v) is 5.79. The molecule has 2 heterocycles. The molecule has 0 atom stereocenters. The lowest BCUT2D eigenvalue weighted by molar-refractivity contribution is 0.103. The molecule has 2 aliphatic rings. The lowest BCUT2D eigenvalue weighted by Gasteiger charge is -2.39. The summed E-state index contributed by atoms with van der Waals surface area (Å²) in [7, 11) is 2.24. The molecule has 0 spiro atoms. The van der Waals surface area contributed by atoms with Gasteiger partial charge in [-0.2, -0.15) is 0 Å². The van der Waals surface area contributed by atoms with Crippen LogP contribution in [0.4, 0.5) is 0 Å². The van der Waals surface area contributed by atoms with Crippen molar-refractivity contribution >= 4 is 0 Å². The lowest BCUT2D eigenvalue weighted by Crippen LogP contribution is -2.45. The molecule has 0 aliphatic carbocycles. The van der Waals surface area contributed by atoms with Gasteiger partial charge in [-0.05, 0) is 58.9 Å². The summed E-state index contributed by atoms with van der Waals surface area (Å²) < 4.78 is 0. The highest BCUT2D eigenvalue weighted by Gasteiger charge is 2.23. The molecule has 0 bridgehead atoms. The molecule has 13 heavy (non-hydrogen) atoms. The third-order valence-corrected chi connectivity index (χ3v) is 3.60. The maximum absolute atomic E-state index is 2.73. The molecule has 0 saturated carbocycles. The normalized spacial score (nSPS) is 29.3. The summed E-state index contributed by atoms with van der Waals surface area (Å²) in [6, 6.07) is 0.913. The van der Waals surface area contributed by atoms with Gasteiger partial charge in [-0.15, -0.1) is 0 Å². The maximum Gasteiger partial charge on any atom is 0.0120 e. The number of hydrogen-bond acceptors (Lipinski definition) is 2. The van der Waals surface area contributed by atoms with Gasteiger partial charge < -0.3 is 9.80 Å². The Labute approximate surface area is 81.9 Å². The summed E-state index contributed by atoms with van der Waals surface area (Å²) in [6.45, 7) is 5.35. The van der Waals surface area contributed by atoms with Crippen molar-refractivity contribution in [1.29, 1.82) is 0 Å². The molecular formula is C11H22N2. The molecule has 2 nitrogen and oxygen atoms in total. The van der Waals surface area contributed by atoms with Crippen molar-refractivity contribution < 1.29 is 0 Å². The van der Waals surface area contributed by atoms with Gasteiger partial charge in [0.2, 0.25) is 0 Å². The fraction of sp³-hybridized carbons (Fsp3) is 1.00. The topological polar surface area (TPSA) is 6.48 Å². The van der Waals surface area contributed by atoms with Crippen molar-refractivity contribution in [3.8, 4) is 0 Å². The van der Waals surface area contributed by atoms with Crippen LogP contribution in [0.5, 0.6) is 0 Å². The van der Waals surface area contributed by atoms with Crippen LogP contribution >= 0.6 is 0 Å². The number of rotatable bonds is 1. The Kier molecular flexibility index (Phi) is 3.23. The maximum atomic E-state index is 2.73. The van der Waals surface area contributed by atoms with Crippen LogP contribution in [-0.4, -0.2) is 49.1 Å². The number of nitrogens with zero attached hydrogens (tertiary/aromatic N) is 2. The van der Waals surface area contributed by atoms with E-state index in [1.807, 2.05) is 0 Å². The summed E-state index contributed by atoms with van der Waals surface area (Å²) in [6.07, 6.45) is 7.13. The summed E-state index contributed by atoms with van der Waals surface area (Å²) in [4.78, 5) is 5.19. The van der Waals surface area contributed by atoms with Crippen molar-refractivity contribution in [1.82, 2.24) is 9.80 Å². The Morgan fingerprint density at radius 2 is 1.46 bits per heavy atom. The van der Waals surface area contributed by atoms with Crippen molar-refractivity contribution in [3.63, 3.8) is 0 Å². The second-order valence-corrected chi connectivity index (χ2v) is 4.63. The molecule has 0 N–H and O–H groups in total. The highest BCUT2D eigenvalue weighted by Crippen LogP contribution is 2.19. The van der Waals surface area contributed by atoms with E-state index in [2.05, 4.69) is 16.8 Å². The van der Waals surface area contributed by atoms with Crippen molar-refractivity contribution in [2.45, 2.75) is 38.1 Å². The smallest absolute Gasteiger partial charge is 0.0120 e. The summed E-state index contributed by atoms with van der Waals surface area (Å²) in [5, 5.41) is 0. The van der Waals surface area contributed by atoms with Gasteiger partial charge in [0.05, 0.1) is 0 Å². The minimum absolute atomic E-state index is 0.913. The molecule has 2 fully saturated rings. The average molecular weight is 182 g/mol. The van der Waals surface area contributed by atoms with E-state index in [0.717, 1.165) is 6.04 Å². The second-order valence-electron chi connectivity index (χ2n) is 4.63. The Hall–Kier alpha value is -0.0800. The van der Waals surface area contributed by atoms with Gasteiger partial charge in [0, 0.05) is 6.04 Å². The third kappa shape index (κ3) is 2.44. The van der Waals surface area contributed by atoms with E-state index < -0.39 is 0 Å². The molecule has 0 aromatic carbocycles. The van der Waals surface area contributed by atoms with Gasteiger partial charge in [-0.25, -0.2) is 0 Å². The largest absolute Gasteiger partial charge is 0.306 e. The van der Waals surface area contributed by atoms with Gasteiger partial charge in [0.15, 0.2) is 0 Å². The van der Waals surface area contributed by atoms with Gasteiger partial charge in [-0.3, -0.25) is 0 Å². The Bertz CT molecular complexity index is 144. The van der Waals surface area contributed by atoms with E-state index in [-0.39, 0.29) is 0 Å². The Morgan fingerprint density at radius 3 is 2.08 bits per heavy atom. The molecule has 0 aromatic rings. The molecule has 0 aromatic heterocycles. The highest BCUT2D eigenvalue weighted by atomic mass is 15.2. The zero-order valence-electron chi connectivity index (χ0n) is 8.84. The number of likely N-dealkylation sites (tertiary alicyclic amines) is 2. The van der Waals surface area contributed by atoms with Crippen LogP contribution in [0.25, 0.3) is 0 Å². The monoisotopic (exact) mass is 182 g/mol. The zero-order valence-corrected chi connectivity index (χ0v) is 8.84. The fourth-order valence-corrected chi connectivity index (χ4v) is 2.64. The minimum Gasteiger partial charge on any atom is -0.306 e. The first kappa shape index (κ1) is 9.47. The van der Waals surface area contributed by atoms with E-state index in [0.29, 0.717) is 0 Å². The number of piperidine rings is 2. The van der Waals surface area contributed by atoms with Gasteiger partial charge >= 0.3 is 0 Å². The molecule has 76 valence electrons. The van der Waals surface area contributed by atoms with Crippen molar-refractivity contribution in [2.75, 3.05) is 33.2 Å². The predicted molar refractivity (Wildman–Crippen MR) is 55.9 cm³/mol. The molecule has 0 unspecified atom stereocenters. The van der Waals surface area contributed by atoms with E-state index in [4.69, 9.17) is 0 Å². The summed E-state index contributed by atoms with van der Waals surface area (Å²) >= 11 is 0. The van der Waals surface area contributed by atoms with E-state index in [9.17, 15) is 0 Å². The molecule has 2 heteroatoms. The number of hydrogen-bond donors (Lipinski definition) is 0. The van der Waals surface area contributed by atoms with Crippen LogP contribution in [0.15, 0.2) is 0 Å². The van der Waals surface area contributed by atoms with Gasteiger partial charge in [0.1, 0.15) is 0 Å². The van der Waals surface area contributed by atoms with E-state index in [1.54, 1.807) is 0 Å². The quantitative estimate of drug-likeness (QED) is 0.607. The Balaban J connectivity index is 1.79. The van der Waals surface area contributed by atoms with Crippen LogP contribution in [0.2, 0.25) is 0 Å². The fourth-order valence-electron chi connectivity index (χ4n) is 2.64. The van der Waals surface area contributed by atoms with Crippen molar-refractivity contribution in [2.24, 2.45) is 0 Å². The average Bonchev–Trinajstić information content (AvgIpc) is 2.20. The van der Waals surface area contributed by atoms with Crippen LogP contribution in [0.3, 0.4) is 0 Å². The van der Waals surface area contributed by atoms with Gasteiger partial charge in [0.25, 0.3) is 0 Å². The van der Waals surface area contributed by atoms with Gasteiger partial charge in [-0.1, -0.05) is 6.42 Å². The van der Waals surface area contributed by atoms with Crippen LogP contribution in [0.1, 0.15) is 32.1 Å². The first-order valence-electron chi connectivity index (χ1n) is 5.79. The standard InChI is InChI=1S/C11H22N2/c1-12-9-5-11(6-10-12)13-7-3-2-4-8-13/h11H,2-10H2,1H3. The molecule has 0 amide bonds. The highest BCUT2D eigenvalue weighted by molar-refractivity contribution is 4.80. The summed E-state index contributed by atoms with van der Waals surface area (Å²) in [5.41, 5.74) is 0. The Morgan fingerprint density at radius 1 is 0.846 bits per heavy atom. The lowest BCUT2D eigenvalue weighted by atomic mass is 10.0. The second kappa shape index (κ2) is 4.43.